The number of fused-ring (bicyclic) bond motifs is 1. The van der Waals surface area contributed by atoms with Crippen molar-refractivity contribution in [2.45, 2.75) is 51.1 Å². The minimum Gasteiger partial charge on any atom is -0.481 e. The van der Waals surface area contributed by atoms with E-state index in [0.717, 1.165) is 12.8 Å². The lowest BCUT2D eigenvalue weighted by molar-refractivity contribution is -0.137. The van der Waals surface area contributed by atoms with Gasteiger partial charge in [-0.25, -0.2) is 4.79 Å². The number of hydrogen-bond donors (Lipinski definition) is 3. The number of urea groups is 1. The largest absolute Gasteiger partial charge is 0.481 e. The number of likely N-dealkylation sites (tertiary alicyclic amines) is 1. The molecule has 3 amide bonds. The molecule has 21 heavy (non-hydrogen) atoms. The summed E-state index contributed by atoms with van der Waals surface area (Å²) in [7, 11) is 0. The van der Waals surface area contributed by atoms with Gasteiger partial charge >= 0.3 is 12.0 Å². The molecule has 0 aromatic heterocycles. The Morgan fingerprint density at radius 2 is 2.24 bits per heavy atom. The summed E-state index contributed by atoms with van der Waals surface area (Å²) in [6, 6.07) is -0.0969. The molecular formula is C14H23N3O4. The molecule has 7 nitrogen and oxygen atoms in total. The number of rotatable bonds is 4. The Morgan fingerprint density at radius 1 is 1.48 bits per heavy atom. The van der Waals surface area contributed by atoms with Crippen molar-refractivity contribution in [2.24, 2.45) is 5.92 Å². The smallest absolute Gasteiger partial charge is 0.317 e. The second kappa shape index (κ2) is 6.78. The van der Waals surface area contributed by atoms with E-state index in [4.69, 9.17) is 5.11 Å². The number of carboxylic acid groups (broad SMARTS) is 1. The molecule has 2 fully saturated rings. The predicted octanol–water partition coefficient (Wildman–Crippen LogP) is 0.550. The number of aliphatic carboxylic acids is 1. The van der Waals surface area contributed by atoms with E-state index in [1.165, 1.54) is 0 Å². The van der Waals surface area contributed by atoms with Crippen LogP contribution in [0.15, 0.2) is 0 Å². The maximum Gasteiger partial charge on any atom is 0.317 e. The Hall–Kier alpha value is -1.79. The lowest BCUT2D eigenvalue weighted by atomic mass is 9.85. The number of carbonyl (C=O) groups excluding carboxylic acids is 2. The van der Waals surface area contributed by atoms with Gasteiger partial charge in [-0.15, -0.1) is 0 Å². The fourth-order valence-electron chi connectivity index (χ4n) is 3.01. The van der Waals surface area contributed by atoms with Crippen molar-refractivity contribution in [3.8, 4) is 0 Å². The second-order valence-electron chi connectivity index (χ2n) is 5.99. The quantitative estimate of drug-likeness (QED) is 0.705. The average Bonchev–Trinajstić information content (AvgIpc) is 2.44. The zero-order valence-electron chi connectivity index (χ0n) is 12.3. The molecule has 2 aliphatic heterocycles. The summed E-state index contributed by atoms with van der Waals surface area (Å²) in [5, 5.41) is 14.5. The Bertz CT molecular complexity index is 426. The predicted molar refractivity (Wildman–Crippen MR) is 75.7 cm³/mol. The molecule has 0 radical (unpaired) electrons. The number of piperidine rings is 2. The van der Waals surface area contributed by atoms with Gasteiger partial charge in [0, 0.05) is 38.0 Å². The number of nitrogens with one attached hydrogen (secondary N) is 2. The maximum absolute atomic E-state index is 12.2. The van der Waals surface area contributed by atoms with E-state index in [-0.39, 0.29) is 30.4 Å². The molecule has 0 aromatic carbocycles. The first-order valence-electron chi connectivity index (χ1n) is 7.52. The van der Waals surface area contributed by atoms with Gasteiger partial charge in [-0.05, 0) is 32.1 Å². The van der Waals surface area contributed by atoms with Gasteiger partial charge in [0.15, 0.2) is 0 Å². The number of carbonyl (C=O) groups is 3. The van der Waals surface area contributed by atoms with Crippen LogP contribution in [0.3, 0.4) is 0 Å². The molecule has 0 spiro atoms. The van der Waals surface area contributed by atoms with Crippen molar-refractivity contribution in [3.05, 3.63) is 0 Å². The molecule has 0 saturated carbocycles. The van der Waals surface area contributed by atoms with Crippen LogP contribution in [0, 0.1) is 5.92 Å². The van der Waals surface area contributed by atoms with Crippen molar-refractivity contribution >= 4 is 17.9 Å². The topological polar surface area (TPSA) is 98.7 Å². The molecule has 0 aliphatic carbocycles. The van der Waals surface area contributed by atoms with E-state index in [1.807, 2.05) is 6.92 Å². The fraction of sp³-hybridized carbons (Fsp3) is 0.786. The molecule has 7 heteroatoms. The van der Waals surface area contributed by atoms with Crippen LogP contribution in [0.2, 0.25) is 0 Å². The first kappa shape index (κ1) is 15.6. The Kier molecular flexibility index (Phi) is 5.03. The van der Waals surface area contributed by atoms with E-state index in [2.05, 4.69) is 10.6 Å². The summed E-state index contributed by atoms with van der Waals surface area (Å²) in [5.74, 6) is -0.414. The van der Waals surface area contributed by atoms with Crippen LogP contribution in [0.1, 0.15) is 39.0 Å². The van der Waals surface area contributed by atoms with Gasteiger partial charge in [-0.2, -0.15) is 0 Å². The SMILES string of the molecule is CC(CCC(=O)O)NC(=O)N1CCC2NC(=O)CCC2C1. The van der Waals surface area contributed by atoms with E-state index >= 15 is 0 Å². The molecule has 3 atom stereocenters. The van der Waals surface area contributed by atoms with Crippen LogP contribution in [0.4, 0.5) is 4.79 Å². The third-order valence-corrected chi connectivity index (χ3v) is 4.27. The molecule has 0 bridgehead atoms. The van der Waals surface area contributed by atoms with Gasteiger partial charge in [0.2, 0.25) is 5.91 Å². The summed E-state index contributed by atoms with van der Waals surface area (Å²) in [6.45, 7) is 3.09. The van der Waals surface area contributed by atoms with Gasteiger partial charge in [0.1, 0.15) is 0 Å². The van der Waals surface area contributed by atoms with E-state index in [9.17, 15) is 14.4 Å². The molecule has 2 rings (SSSR count). The summed E-state index contributed by atoms with van der Waals surface area (Å²) in [6.07, 6.45) is 2.63. The van der Waals surface area contributed by atoms with Crippen molar-refractivity contribution < 1.29 is 19.5 Å². The number of amides is 3. The van der Waals surface area contributed by atoms with Gasteiger partial charge in [-0.1, -0.05) is 0 Å². The van der Waals surface area contributed by atoms with Crippen molar-refractivity contribution in [1.82, 2.24) is 15.5 Å². The molecule has 2 saturated heterocycles. The van der Waals surface area contributed by atoms with Gasteiger partial charge < -0.3 is 20.6 Å². The minimum absolute atomic E-state index is 0.0537. The minimum atomic E-state index is -0.852. The van der Waals surface area contributed by atoms with Gasteiger partial charge in [0.05, 0.1) is 0 Å². The lowest BCUT2D eigenvalue weighted by Gasteiger charge is -2.41. The van der Waals surface area contributed by atoms with Gasteiger partial charge in [-0.3, -0.25) is 9.59 Å². The Morgan fingerprint density at radius 3 is 2.95 bits per heavy atom. The molecule has 3 unspecified atom stereocenters. The van der Waals surface area contributed by atoms with E-state index in [1.54, 1.807) is 4.90 Å². The van der Waals surface area contributed by atoms with Crippen LogP contribution < -0.4 is 10.6 Å². The highest BCUT2D eigenvalue weighted by molar-refractivity contribution is 5.78. The summed E-state index contributed by atoms with van der Waals surface area (Å²) < 4.78 is 0. The molecule has 0 aromatic rings. The molecule has 2 heterocycles. The Balaban J connectivity index is 1.78. The third-order valence-electron chi connectivity index (χ3n) is 4.27. The highest BCUT2D eigenvalue weighted by atomic mass is 16.4. The summed E-state index contributed by atoms with van der Waals surface area (Å²) in [5.41, 5.74) is 0. The van der Waals surface area contributed by atoms with E-state index < -0.39 is 5.97 Å². The normalized spacial score (nSPS) is 26.5. The van der Waals surface area contributed by atoms with Crippen LogP contribution in [-0.4, -0.2) is 53.1 Å². The first-order chi connectivity index (χ1) is 9.95. The first-order valence-corrected chi connectivity index (χ1v) is 7.52. The van der Waals surface area contributed by atoms with Crippen molar-refractivity contribution in [3.63, 3.8) is 0 Å². The Labute approximate surface area is 124 Å². The average molecular weight is 297 g/mol. The highest BCUT2D eigenvalue weighted by Crippen LogP contribution is 2.25. The number of nitrogens with zero attached hydrogens (tertiary/aromatic N) is 1. The zero-order chi connectivity index (χ0) is 15.4. The highest BCUT2D eigenvalue weighted by Gasteiger charge is 2.35. The van der Waals surface area contributed by atoms with Crippen molar-refractivity contribution in [2.75, 3.05) is 13.1 Å². The fourth-order valence-corrected chi connectivity index (χ4v) is 3.01. The zero-order valence-corrected chi connectivity index (χ0v) is 12.3. The van der Waals surface area contributed by atoms with Crippen LogP contribution in [0.5, 0.6) is 0 Å². The standard InChI is InChI=1S/C14H23N3O4/c1-9(2-5-13(19)20)15-14(21)17-7-6-11-10(8-17)3-4-12(18)16-11/h9-11H,2-8H2,1H3,(H,15,21)(H,16,18)(H,19,20). The molecular weight excluding hydrogens is 274 g/mol. The monoisotopic (exact) mass is 297 g/mol. The van der Waals surface area contributed by atoms with Gasteiger partial charge in [0.25, 0.3) is 0 Å². The molecule has 2 aliphatic rings. The third kappa shape index (κ3) is 4.34. The summed E-state index contributed by atoms with van der Waals surface area (Å²) >= 11 is 0. The van der Waals surface area contributed by atoms with Crippen LogP contribution in [-0.2, 0) is 9.59 Å². The van der Waals surface area contributed by atoms with Crippen LogP contribution in [0.25, 0.3) is 0 Å². The molecule has 118 valence electrons. The second-order valence-corrected chi connectivity index (χ2v) is 5.99. The molecule has 3 N–H and O–H groups in total. The van der Waals surface area contributed by atoms with Crippen molar-refractivity contribution in [1.29, 1.82) is 0 Å². The van der Waals surface area contributed by atoms with E-state index in [0.29, 0.717) is 31.8 Å². The number of carboxylic acids is 1. The lowest BCUT2D eigenvalue weighted by Crippen LogP contribution is -2.57. The van der Waals surface area contributed by atoms with Crippen LogP contribution >= 0.6 is 0 Å². The maximum atomic E-state index is 12.2. The number of hydrogen-bond acceptors (Lipinski definition) is 3. The summed E-state index contributed by atoms with van der Waals surface area (Å²) in [4.78, 5) is 35.8.